The Bertz CT molecular complexity index is 1460. The van der Waals surface area contributed by atoms with E-state index in [4.69, 9.17) is 23.7 Å². The van der Waals surface area contributed by atoms with E-state index in [0.29, 0.717) is 28.4 Å². The molecule has 0 amide bonds. The molecule has 0 radical (unpaired) electrons. The summed E-state index contributed by atoms with van der Waals surface area (Å²) in [6.07, 6.45) is 3.31. The van der Waals surface area contributed by atoms with E-state index in [2.05, 4.69) is 4.72 Å². The first kappa shape index (κ1) is 27.9. The molecule has 2 N–H and O–H groups in total. The number of ether oxygens (including phenoxy) is 5. The Morgan fingerprint density at radius 1 is 0.789 bits per heavy atom. The Labute approximate surface area is 219 Å². The topological polar surface area (TPSA) is 156 Å². The molecule has 0 atom stereocenters. The Morgan fingerprint density at radius 3 is 1.84 bits per heavy atom. The minimum absolute atomic E-state index is 0.0875. The summed E-state index contributed by atoms with van der Waals surface area (Å²) in [7, 11) is 2.64. The van der Waals surface area contributed by atoms with E-state index in [1.54, 1.807) is 24.3 Å². The van der Waals surface area contributed by atoms with E-state index in [-0.39, 0.29) is 27.8 Å². The number of hydrogen-bond acceptors (Lipinski definition) is 10. The number of phenolic OH excluding ortho intramolecular Hbond substituents is 1. The standard InChI is InChI=1S/C25H26N2O10S/c1-33-21-9-8-17(14-19(21)27(29)30)38(31,32)26-18-10-15(11-20(28)24(18)36-4)6-7-16-12-22(34-2)25(37-5)23(13-16)35-3/h6-14,26,28H,1-5H3/b7-6-. The number of nitrogens with zero attached hydrogens (tertiary/aromatic N) is 1. The third kappa shape index (κ3) is 5.83. The van der Waals surface area contributed by atoms with Gasteiger partial charge in [0.2, 0.25) is 5.75 Å². The first-order chi connectivity index (χ1) is 18.1. The lowest BCUT2D eigenvalue weighted by Crippen LogP contribution is -2.14. The number of nitro benzene ring substituents is 1. The van der Waals surface area contributed by atoms with Crippen LogP contribution >= 0.6 is 0 Å². The van der Waals surface area contributed by atoms with Crippen LogP contribution in [0, 0.1) is 10.1 Å². The molecule has 0 unspecified atom stereocenters. The lowest BCUT2D eigenvalue weighted by Gasteiger charge is -2.15. The number of methoxy groups -OCH3 is 5. The van der Waals surface area contributed by atoms with Crippen LogP contribution in [0.1, 0.15) is 11.1 Å². The van der Waals surface area contributed by atoms with E-state index in [0.717, 1.165) is 12.1 Å². The van der Waals surface area contributed by atoms with Crippen molar-refractivity contribution in [1.82, 2.24) is 0 Å². The normalized spacial score (nSPS) is 11.2. The Hall–Kier alpha value is -4.65. The molecule has 0 aliphatic heterocycles. The van der Waals surface area contributed by atoms with Crippen molar-refractivity contribution >= 4 is 33.6 Å². The van der Waals surface area contributed by atoms with Crippen LogP contribution in [0.4, 0.5) is 11.4 Å². The van der Waals surface area contributed by atoms with Gasteiger partial charge in [0, 0.05) is 6.07 Å². The highest BCUT2D eigenvalue weighted by Crippen LogP contribution is 2.40. The van der Waals surface area contributed by atoms with E-state index in [1.807, 2.05) is 0 Å². The molecule has 3 aromatic rings. The second-order valence-corrected chi connectivity index (χ2v) is 9.29. The van der Waals surface area contributed by atoms with Crippen LogP contribution in [-0.2, 0) is 10.0 Å². The van der Waals surface area contributed by atoms with Crippen molar-refractivity contribution < 1.29 is 42.1 Å². The van der Waals surface area contributed by atoms with E-state index < -0.39 is 20.6 Å². The molecule has 0 fully saturated rings. The van der Waals surface area contributed by atoms with Crippen molar-refractivity contribution in [3.63, 3.8) is 0 Å². The van der Waals surface area contributed by atoms with Crippen LogP contribution < -0.4 is 28.4 Å². The summed E-state index contributed by atoms with van der Waals surface area (Å²) in [6.45, 7) is 0. The molecule has 0 saturated carbocycles. The minimum Gasteiger partial charge on any atom is -0.504 e. The number of rotatable bonds is 11. The summed E-state index contributed by atoms with van der Waals surface area (Å²) in [5.74, 6) is 0.726. The van der Waals surface area contributed by atoms with Gasteiger partial charge in [0.15, 0.2) is 28.7 Å². The average molecular weight is 547 g/mol. The maximum Gasteiger partial charge on any atom is 0.312 e. The van der Waals surface area contributed by atoms with Gasteiger partial charge in [-0.05, 0) is 47.5 Å². The van der Waals surface area contributed by atoms with Crippen LogP contribution in [0.25, 0.3) is 12.2 Å². The monoisotopic (exact) mass is 546 g/mol. The summed E-state index contributed by atoms with van der Waals surface area (Å²) >= 11 is 0. The van der Waals surface area contributed by atoms with Crippen molar-refractivity contribution in [2.24, 2.45) is 0 Å². The zero-order valence-corrected chi connectivity index (χ0v) is 22.0. The van der Waals surface area contributed by atoms with Crippen molar-refractivity contribution in [2.45, 2.75) is 4.90 Å². The summed E-state index contributed by atoms with van der Waals surface area (Å²) < 4.78 is 54.6. The molecule has 0 aromatic heterocycles. The van der Waals surface area contributed by atoms with E-state index >= 15 is 0 Å². The van der Waals surface area contributed by atoms with Gasteiger partial charge in [-0.2, -0.15) is 0 Å². The van der Waals surface area contributed by atoms with Crippen molar-refractivity contribution in [3.05, 3.63) is 63.7 Å². The predicted octanol–water partition coefficient (Wildman–Crippen LogP) is 4.31. The molecule has 0 aliphatic rings. The Morgan fingerprint density at radius 2 is 1.34 bits per heavy atom. The smallest absolute Gasteiger partial charge is 0.312 e. The van der Waals surface area contributed by atoms with Gasteiger partial charge in [0.05, 0.1) is 51.1 Å². The van der Waals surface area contributed by atoms with Crippen LogP contribution in [0.5, 0.6) is 34.5 Å². The number of nitrogens with one attached hydrogen (secondary N) is 1. The molecule has 202 valence electrons. The van der Waals surface area contributed by atoms with E-state index in [9.17, 15) is 23.6 Å². The number of sulfonamides is 1. The third-order valence-electron chi connectivity index (χ3n) is 5.35. The van der Waals surface area contributed by atoms with Gasteiger partial charge in [-0.15, -0.1) is 0 Å². The highest BCUT2D eigenvalue weighted by Gasteiger charge is 2.24. The quantitative estimate of drug-likeness (QED) is 0.202. The van der Waals surface area contributed by atoms with Gasteiger partial charge in [0.25, 0.3) is 10.0 Å². The molecular formula is C25H26N2O10S. The fraction of sp³-hybridized carbons (Fsp3) is 0.200. The van der Waals surface area contributed by atoms with Gasteiger partial charge >= 0.3 is 5.69 Å². The number of nitro groups is 1. The Kier molecular flexibility index (Phi) is 8.53. The zero-order chi connectivity index (χ0) is 28.0. The van der Waals surface area contributed by atoms with Crippen LogP contribution in [0.3, 0.4) is 0 Å². The van der Waals surface area contributed by atoms with Crippen molar-refractivity contribution in [3.8, 4) is 34.5 Å². The molecule has 3 rings (SSSR count). The molecular weight excluding hydrogens is 520 g/mol. The largest absolute Gasteiger partial charge is 0.504 e. The number of anilines is 1. The predicted molar refractivity (Wildman–Crippen MR) is 140 cm³/mol. The summed E-state index contributed by atoms with van der Waals surface area (Å²) in [5, 5.41) is 21.8. The van der Waals surface area contributed by atoms with Gasteiger partial charge in [-0.3, -0.25) is 14.8 Å². The Balaban J connectivity index is 2.01. The minimum atomic E-state index is -4.33. The number of aromatic hydroxyl groups is 1. The maximum absolute atomic E-state index is 13.1. The molecule has 0 bridgehead atoms. The molecule has 0 saturated heterocycles. The second kappa shape index (κ2) is 11.6. The number of hydrogen-bond donors (Lipinski definition) is 2. The summed E-state index contributed by atoms with van der Waals surface area (Å²) in [6, 6.07) is 9.45. The van der Waals surface area contributed by atoms with Crippen molar-refractivity contribution in [1.29, 1.82) is 0 Å². The SMILES string of the molecule is COc1ccc(S(=O)(=O)Nc2cc(/C=C\c3cc(OC)c(OC)c(OC)c3)cc(O)c2OC)cc1[N+](=O)[O-]. The fourth-order valence-electron chi connectivity index (χ4n) is 3.60. The fourth-order valence-corrected chi connectivity index (χ4v) is 4.67. The van der Waals surface area contributed by atoms with Gasteiger partial charge in [-0.1, -0.05) is 12.2 Å². The summed E-state index contributed by atoms with van der Waals surface area (Å²) in [5.41, 5.74) is 0.473. The van der Waals surface area contributed by atoms with Crippen LogP contribution in [0.2, 0.25) is 0 Å². The molecule has 38 heavy (non-hydrogen) atoms. The maximum atomic E-state index is 13.1. The zero-order valence-electron chi connectivity index (χ0n) is 21.2. The molecule has 12 nitrogen and oxygen atoms in total. The van der Waals surface area contributed by atoms with E-state index in [1.165, 1.54) is 53.7 Å². The third-order valence-corrected chi connectivity index (χ3v) is 6.72. The highest BCUT2D eigenvalue weighted by atomic mass is 32.2. The highest BCUT2D eigenvalue weighted by molar-refractivity contribution is 7.92. The number of phenols is 1. The molecule has 3 aromatic carbocycles. The van der Waals surface area contributed by atoms with Crippen molar-refractivity contribution in [2.75, 3.05) is 40.3 Å². The van der Waals surface area contributed by atoms with Crippen LogP contribution in [0.15, 0.2) is 47.4 Å². The lowest BCUT2D eigenvalue weighted by atomic mass is 10.1. The first-order valence-corrected chi connectivity index (χ1v) is 12.3. The average Bonchev–Trinajstić information content (AvgIpc) is 2.90. The van der Waals surface area contributed by atoms with Gasteiger partial charge in [0.1, 0.15) is 0 Å². The number of benzene rings is 3. The van der Waals surface area contributed by atoms with Gasteiger partial charge in [-0.25, -0.2) is 8.42 Å². The molecule has 0 heterocycles. The molecule has 0 spiro atoms. The van der Waals surface area contributed by atoms with Gasteiger partial charge < -0.3 is 28.8 Å². The summed E-state index contributed by atoms with van der Waals surface area (Å²) in [4.78, 5) is 10.2. The second-order valence-electron chi connectivity index (χ2n) is 7.61. The lowest BCUT2D eigenvalue weighted by molar-refractivity contribution is -0.386. The molecule has 0 aliphatic carbocycles. The first-order valence-electron chi connectivity index (χ1n) is 10.8. The van der Waals surface area contributed by atoms with Crippen LogP contribution in [-0.4, -0.2) is 54.0 Å². The molecule has 13 heteroatoms.